The molecule has 1 unspecified atom stereocenters. The maximum Gasteiger partial charge on any atom is 0.306 e. The van der Waals surface area contributed by atoms with E-state index in [0.717, 1.165) is 23.1 Å². The molecule has 0 amide bonds. The lowest BCUT2D eigenvalue weighted by molar-refractivity contribution is -0.163. The first-order valence-electron chi connectivity index (χ1n) is 19.4. The van der Waals surface area contributed by atoms with Gasteiger partial charge in [0.05, 0.1) is 0 Å². The number of hydrogen-bond donors (Lipinski definition) is 1. The first-order valence-corrected chi connectivity index (χ1v) is 19.4. The molecule has 0 aromatic heterocycles. The molecule has 1 N–H and O–H groups in total. The molecule has 6 nitrogen and oxygen atoms in total. The van der Waals surface area contributed by atoms with Crippen LogP contribution in [0.3, 0.4) is 0 Å². The molecule has 1 aromatic carbocycles. The van der Waals surface area contributed by atoms with Crippen LogP contribution in [0.4, 0.5) is 0 Å². The highest BCUT2D eigenvalue weighted by Crippen LogP contribution is 2.44. The average molecular weight is 708 g/mol. The van der Waals surface area contributed by atoms with Gasteiger partial charge in [0, 0.05) is 43.3 Å². The highest BCUT2D eigenvalue weighted by molar-refractivity contribution is 5.70. The Morgan fingerprint density at radius 1 is 0.784 bits per heavy atom. The summed E-state index contributed by atoms with van der Waals surface area (Å²) in [7, 11) is 0. The van der Waals surface area contributed by atoms with Crippen LogP contribution in [-0.4, -0.2) is 52.3 Å². The molecule has 1 saturated heterocycles. The minimum absolute atomic E-state index is 0.107. The van der Waals surface area contributed by atoms with E-state index in [9.17, 15) is 14.7 Å². The molecular formula is C45H73NO5. The Bertz CT molecular complexity index is 1410. The molecule has 1 fully saturated rings. The first-order chi connectivity index (χ1) is 23.0. The third-order valence-corrected chi connectivity index (χ3v) is 11.1. The fourth-order valence-electron chi connectivity index (χ4n) is 8.08. The molecule has 2 aliphatic rings. The van der Waals surface area contributed by atoms with Crippen LogP contribution in [0.5, 0.6) is 5.75 Å². The van der Waals surface area contributed by atoms with E-state index < -0.39 is 0 Å². The van der Waals surface area contributed by atoms with Gasteiger partial charge < -0.3 is 14.6 Å². The van der Waals surface area contributed by atoms with Gasteiger partial charge in [-0.15, -0.1) is 0 Å². The van der Waals surface area contributed by atoms with Crippen LogP contribution < -0.4 is 0 Å². The van der Waals surface area contributed by atoms with Crippen molar-refractivity contribution in [2.45, 2.75) is 184 Å². The van der Waals surface area contributed by atoms with Crippen molar-refractivity contribution in [2.75, 3.05) is 13.2 Å². The quantitative estimate of drug-likeness (QED) is 0.244. The summed E-state index contributed by atoms with van der Waals surface area (Å²) in [4.78, 5) is 28.6. The molecule has 0 spiro atoms. The predicted octanol–water partition coefficient (Wildman–Crippen LogP) is 10.8. The Balaban J connectivity index is 1.56. The summed E-state index contributed by atoms with van der Waals surface area (Å²) in [6.07, 6.45) is 8.91. The summed E-state index contributed by atoms with van der Waals surface area (Å²) in [5.41, 5.74) is 4.89. The van der Waals surface area contributed by atoms with Crippen molar-refractivity contribution >= 4 is 11.9 Å². The monoisotopic (exact) mass is 708 g/mol. The number of aryl methyl sites for hydroxylation is 1. The number of carbonyl (C=O) groups is 2. The van der Waals surface area contributed by atoms with Crippen molar-refractivity contribution in [1.29, 1.82) is 0 Å². The van der Waals surface area contributed by atoms with Crippen LogP contribution in [-0.2, 0) is 36.3 Å². The van der Waals surface area contributed by atoms with Crippen molar-refractivity contribution < 1.29 is 24.2 Å². The standard InChI is InChI=1S/C45H73NO5/c1-40(2,3)32-23-30(24-33(27-32)41(4,5)6)17-19-37(47)50-22-21-46-44(13,14)28-34(29-45(46,15)16)51-38(48)20-18-31-25-35(42(7,8)9)39(49)36(26-31)43(10,11)12/h23-26,32,34,49H,17-22,27-29H2,1-16H3. The minimum Gasteiger partial charge on any atom is -0.507 e. The van der Waals surface area contributed by atoms with E-state index in [0.29, 0.717) is 56.9 Å². The Labute approximate surface area is 311 Å². The van der Waals surface area contributed by atoms with E-state index >= 15 is 0 Å². The zero-order chi connectivity index (χ0) is 39.0. The number of ether oxygens (including phenoxy) is 2. The number of nitrogens with zero attached hydrogens (tertiary/aromatic N) is 1. The van der Waals surface area contributed by atoms with Crippen molar-refractivity contribution in [2.24, 2.45) is 16.7 Å². The highest BCUT2D eigenvalue weighted by Gasteiger charge is 2.46. The third-order valence-electron chi connectivity index (χ3n) is 11.1. The van der Waals surface area contributed by atoms with Crippen molar-refractivity contribution in [3.05, 3.63) is 52.1 Å². The number of hydrogen-bond acceptors (Lipinski definition) is 6. The van der Waals surface area contributed by atoms with E-state index in [1.54, 1.807) is 0 Å². The minimum atomic E-state index is -0.248. The number of benzene rings is 1. The first kappa shape index (κ1) is 42.8. The summed E-state index contributed by atoms with van der Waals surface area (Å²) < 4.78 is 11.9. The second-order valence-corrected chi connectivity index (χ2v) is 20.9. The second-order valence-electron chi connectivity index (χ2n) is 20.9. The molecule has 0 radical (unpaired) electrons. The lowest BCUT2D eigenvalue weighted by atomic mass is 9.69. The summed E-state index contributed by atoms with van der Waals surface area (Å²) in [5, 5.41) is 11.1. The second kappa shape index (κ2) is 15.4. The molecule has 1 heterocycles. The Kier molecular flexibility index (Phi) is 12.9. The van der Waals surface area contributed by atoms with E-state index in [4.69, 9.17) is 9.47 Å². The van der Waals surface area contributed by atoms with Crippen LogP contribution >= 0.6 is 0 Å². The van der Waals surface area contributed by atoms with Crippen LogP contribution in [0, 0.1) is 16.7 Å². The Morgan fingerprint density at radius 2 is 1.29 bits per heavy atom. The number of piperidine rings is 1. The fraction of sp³-hybridized carbons (Fsp3) is 0.733. The number of rotatable bonds is 10. The summed E-state index contributed by atoms with van der Waals surface area (Å²) >= 11 is 0. The third kappa shape index (κ3) is 11.7. The number of allylic oxidation sites excluding steroid dienone is 4. The molecule has 0 saturated carbocycles. The number of esters is 2. The van der Waals surface area contributed by atoms with Gasteiger partial charge >= 0.3 is 11.9 Å². The maximum atomic E-state index is 13.2. The average Bonchev–Trinajstić information content (AvgIpc) is 2.94. The van der Waals surface area contributed by atoms with E-state index in [1.165, 1.54) is 11.1 Å². The van der Waals surface area contributed by atoms with Crippen molar-refractivity contribution in [3.8, 4) is 5.75 Å². The zero-order valence-electron chi connectivity index (χ0n) is 35.4. The topological polar surface area (TPSA) is 76.1 Å². The highest BCUT2D eigenvalue weighted by atomic mass is 16.5. The van der Waals surface area contributed by atoms with Gasteiger partial charge in [-0.2, -0.15) is 0 Å². The lowest BCUT2D eigenvalue weighted by Gasteiger charge is -2.54. The van der Waals surface area contributed by atoms with E-state index in [1.807, 2.05) is 12.1 Å². The largest absolute Gasteiger partial charge is 0.507 e. The van der Waals surface area contributed by atoms with Gasteiger partial charge in [-0.1, -0.05) is 119 Å². The van der Waals surface area contributed by atoms with Crippen LogP contribution in [0.15, 0.2) is 35.4 Å². The summed E-state index contributed by atoms with van der Waals surface area (Å²) in [5.74, 6) is 0.461. The predicted molar refractivity (Wildman–Crippen MR) is 211 cm³/mol. The molecule has 0 bridgehead atoms. The lowest BCUT2D eigenvalue weighted by Crippen LogP contribution is -2.63. The van der Waals surface area contributed by atoms with Crippen LogP contribution in [0.2, 0.25) is 0 Å². The number of aromatic hydroxyl groups is 1. The van der Waals surface area contributed by atoms with Gasteiger partial charge in [-0.05, 0) is 91.2 Å². The van der Waals surface area contributed by atoms with Crippen molar-refractivity contribution in [3.63, 3.8) is 0 Å². The number of carbonyl (C=O) groups excluding carboxylic acids is 2. The van der Waals surface area contributed by atoms with Crippen molar-refractivity contribution in [1.82, 2.24) is 4.90 Å². The van der Waals surface area contributed by atoms with Gasteiger partial charge in [0.2, 0.25) is 0 Å². The SMILES string of the molecule is CC(C)(C)C1=CC(CCC(=O)OCCN2C(C)(C)CC(OC(=O)CCc3cc(C(C)(C)C)c(O)c(C(C)(C)C)c3)CC2(C)C)=CC(C(C)(C)C)C1. The molecule has 6 heteroatoms. The molecule has 51 heavy (non-hydrogen) atoms. The molecule has 1 aliphatic heterocycles. The van der Waals surface area contributed by atoms with Crippen LogP contribution in [0.1, 0.15) is 166 Å². The molecular weight excluding hydrogens is 634 g/mol. The molecule has 1 aliphatic carbocycles. The Hall–Kier alpha value is -2.60. The van der Waals surface area contributed by atoms with Gasteiger partial charge in [0.1, 0.15) is 18.5 Å². The zero-order valence-corrected chi connectivity index (χ0v) is 35.4. The van der Waals surface area contributed by atoms with Gasteiger partial charge in [0.15, 0.2) is 0 Å². The van der Waals surface area contributed by atoms with Gasteiger partial charge in [0.25, 0.3) is 0 Å². The number of likely N-dealkylation sites (tertiary alicyclic amines) is 1. The van der Waals surface area contributed by atoms with Gasteiger partial charge in [-0.3, -0.25) is 14.5 Å². The summed E-state index contributed by atoms with van der Waals surface area (Å²) in [6.45, 7) is 36.0. The van der Waals surface area contributed by atoms with E-state index in [2.05, 4.69) is 128 Å². The molecule has 288 valence electrons. The normalized spacial score (nSPS) is 20.4. The van der Waals surface area contributed by atoms with Gasteiger partial charge in [-0.25, -0.2) is 0 Å². The fourth-order valence-corrected chi connectivity index (χ4v) is 8.08. The Morgan fingerprint density at radius 3 is 1.76 bits per heavy atom. The molecule has 1 atom stereocenters. The maximum absolute atomic E-state index is 13.2. The van der Waals surface area contributed by atoms with Crippen LogP contribution in [0.25, 0.3) is 0 Å². The number of phenolic OH excluding ortho intramolecular Hbond substituents is 1. The smallest absolute Gasteiger partial charge is 0.306 e. The molecule has 1 aromatic rings. The summed E-state index contributed by atoms with van der Waals surface area (Å²) in [6, 6.07) is 4.09. The number of phenols is 1. The molecule has 3 rings (SSSR count). The van der Waals surface area contributed by atoms with E-state index in [-0.39, 0.29) is 57.2 Å².